The predicted molar refractivity (Wildman–Crippen MR) is 169 cm³/mol. The SMILES string of the molecule is CCOC(C)C1C[C@H](C(CCCC(=O)O)C(=O)O)CC2=CC[C@H]3[C@@H]4CC[C@H]([C@H](C)CCCC(C)C)[C@@]4(C)CC[C@@H]3[C@]21C. The van der Waals surface area contributed by atoms with E-state index in [0.29, 0.717) is 36.7 Å². The van der Waals surface area contributed by atoms with Crippen molar-refractivity contribution >= 4 is 11.9 Å². The van der Waals surface area contributed by atoms with Crippen LogP contribution in [0.4, 0.5) is 0 Å². The first-order chi connectivity index (χ1) is 19.8. The molecule has 4 rings (SSSR count). The molecule has 0 aromatic rings. The van der Waals surface area contributed by atoms with Crippen LogP contribution in [0.2, 0.25) is 0 Å². The molecular formula is C37H62O5. The number of allylic oxidation sites excluding steroid dienone is 2. The van der Waals surface area contributed by atoms with Crippen LogP contribution in [0.5, 0.6) is 0 Å². The fourth-order valence-electron chi connectivity index (χ4n) is 11.3. The van der Waals surface area contributed by atoms with Crippen LogP contribution in [-0.2, 0) is 14.3 Å². The van der Waals surface area contributed by atoms with Crippen molar-refractivity contribution in [3.8, 4) is 0 Å². The Balaban J connectivity index is 1.58. The van der Waals surface area contributed by atoms with Crippen LogP contribution in [0.3, 0.4) is 0 Å². The number of hydrogen-bond donors (Lipinski definition) is 2. The number of aliphatic carboxylic acids is 2. The van der Waals surface area contributed by atoms with Crippen molar-refractivity contribution < 1.29 is 24.5 Å². The summed E-state index contributed by atoms with van der Waals surface area (Å²) in [5, 5.41) is 19.4. The lowest BCUT2D eigenvalue weighted by Gasteiger charge is -2.62. The predicted octanol–water partition coefficient (Wildman–Crippen LogP) is 9.25. The summed E-state index contributed by atoms with van der Waals surface area (Å²) in [5.41, 5.74) is 1.97. The Morgan fingerprint density at radius 1 is 0.976 bits per heavy atom. The van der Waals surface area contributed by atoms with E-state index in [9.17, 15) is 14.7 Å². The van der Waals surface area contributed by atoms with Gasteiger partial charge in [0.1, 0.15) is 0 Å². The third-order valence-corrected chi connectivity index (χ3v) is 13.3. The van der Waals surface area contributed by atoms with E-state index in [2.05, 4.69) is 54.5 Å². The Labute approximate surface area is 256 Å². The highest BCUT2D eigenvalue weighted by atomic mass is 16.5. The molecule has 0 amide bonds. The molecule has 240 valence electrons. The number of carbonyl (C=O) groups is 2. The molecule has 5 nitrogen and oxygen atoms in total. The molecule has 3 saturated carbocycles. The van der Waals surface area contributed by atoms with Gasteiger partial charge in [0, 0.05) is 13.0 Å². The largest absolute Gasteiger partial charge is 0.481 e. The average Bonchev–Trinajstić information content (AvgIpc) is 3.27. The number of fused-ring (bicyclic) bond motifs is 5. The number of hydrogen-bond acceptors (Lipinski definition) is 3. The minimum Gasteiger partial charge on any atom is -0.481 e. The molecule has 0 bridgehead atoms. The quantitative estimate of drug-likeness (QED) is 0.198. The number of carboxylic acids is 2. The van der Waals surface area contributed by atoms with Crippen molar-refractivity contribution in [2.75, 3.05) is 6.61 Å². The Bertz CT molecular complexity index is 971. The first-order valence-electron chi connectivity index (χ1n) is 17.6. The average molecular weight is 587 g/mol. The molecule has 42 heavy (non-hydrogen) atoms. The summed E-state index contributed by atoms with van der Waals surface area (Å²) >= 11 is 0. The van der Waals surface area contributed by atoms with Crippen LogP contribution in [-0.4, -0.2) is 34.9 Å². The van der Waals surface area contributed by atoms with E-state index in [0.717, 1.165) is 42.9 Å². The second-order valence-electron chi connectivity index (χ2n) is 15.9. The third kappa shape index (κ3) is 6.52. The van der Waals surface area contributed by atoms with Gasteiger partial charge in [-0.3, -0.25) is 9.59 Å². The molecule has 5 heteroatoms. The molecule has 0 spiro atoms. The maximum absolute atomic E-state index is 12.5. The number of rotatable bonds is 14. The Kier molecular flexibility index (Phi) is 11.0. The zero-order valence-corrected chi connectivity index (χ0v) is 27.9. The summed E-state index contributed by atoms with van der Waals surface area (Å²) in [6, 6.07) is 0. The zero-order valence-electron chi connectivity index (χ0n) is 27.9. The van der Waals surface area contributed by atoms with Crippen LogP contribution in [0.1, 0.15) is 132 Å². The van der Waals surface area contributed by atoms with Gasteiger partial charge < -0.3 is 14.9 Å². The van der Waals surface area contributed by atoms with Crippen molar-refractivity contribution in [1.29, 1.82) is 0 Å². The Morgan fingerprint density at radius 2 is 1.71 bits per heavy atom. The van der Waals surface area contributed by atoms with Gasteiger partial charge in [0.25, 0.3) is 0 Å². The Morgan fingerprint density at radius 3 is 2.36 bits per heavy atom. The Hall–Kier alpha value is -1.36. The molecule has 0 aliphatic heterocycles. The molecule has 0 heterocycles. The van der Waals surface area contributed by atoms with Crippen molar-refractivity contribution in [3.63, 3.8) is 0 Å². The molecule has 3 fully saturated rings. The number of carboxylic acid groups (broad SMARTS) is 2. The van der Waals surface area contributed by atoms with Crippen LogP contribution in [0, 0.1) is 64.1 Å². The molecule has 4 aliphatic rings. The van der Waals surface area contributed by atoms with Gasteiger partial charge in [-0.1, -0.05) is 65.5 Å². The van der Waals surface area contributed by atoms with E-state index in [1.54, 1.807) is 0 Å². The van der Waals surface area contributed by atoms with Crippen LogP contribution in [0.15, 0.2) is 11.6 Å². The van der Waals surface area contributed by atoms with E-state index in [1.165, 1.54) is 50.5 Å². The molecule has 0 aromatic heterocycles. The molecule has 4 aliphatic carbocycles. The van der Waals surface area contributed by atoms with E-state index in [4.69, 9.17) is 9.84 Å². The second-order valence-corrected chi connectivity index (χ2v) is 15.9. The molecular weight excluding hydrogens is 524 g/mol. The maximum atomic E-state index is 12.5. The van der Waals surface area contributed by atoms with Gasteiger partial charge in [0.05, 0.1) is 12.0 Å². The van der Waals surface area contributed by atoms with Gasteiger partial charge in [-0.2, -0.15) is 0 Å². The van der Waals surface area contributed by atoms with Crippen LogP contribution < -0.4 is 0 Å². The van der Waals surface area contributed by atoms with Crippen molar-refractivity contribution in [2.45, 2.75) is 138 Å². The van der Waals surface area contributed by atoms with Gasteiger partial charge in [0.15, 0.2) is 0 Å². The molecule has 0 aromatic carbocycles. The van der Waals surface area contributed by atoms with Crippen molar-refractivity contribution in [3.05, 3.63) is 11.6 Å². The lowest BCUT2D eigenvalue weighted by atomic mass is 9.43. The molecule has 0 radical (unpaired) electrons. The highest BCUT2D eigenvalue weighted by molar-refractivity contribution is 5.71. The lowest BCUT2D eigenvalue weighted by molar-refractivity contribution is -0.148. The topological polar surface area (TPSA) is 83.8 Å². The monoisotopic (exact) mass is 586 g/mol. The highest BCUT2D eigenvalue weighted by Crippen LogP contribution is 2.69. The van der Waals surface area contributed by atoms with Gasteiger partial charge in [-0.15, -0.1) is 0 Å². The lowest BCUT2D eigenvalue weighted by Crippen LogP contribution is -2.56. The summed E-state index contributed by atoms with van der Waals surface area (Å²) in [5.74, 6) is 2.78. The standard InChI is InChI=1S/C37H62O5/c1-8-42-25(5)33-22-26(28(35(40)41)13-10-14-34(38)39)21-27-15-16-29-31-18-17-30(24(4)12-9-11-23(2)3)36(31,6)20-19-32(29)37(27,33)7/h15,23-26,28-33H,8-14,16-22H2,1-7H3,(H,38,39)(H,40,41)/t24-,25?,26-,28?,29+,30-,31+,32+,33?,36-,37+/m1/s1. The van der Waals surface area contributed by atoms with E-state index >= 15 is 0 Å². The van der Waals surface area contributed by atoms with E-state index in [1.807, 2.05) is 0 Å². The molecule has 0 saturated heterocycles. The fourth-order valence-corrected chi connectivity index (χ4v) is 11.3. The maximum Gasteiger partial charge on any atom is 0.306 e. The van der Waals surface area contributed by atoms with Crippen molar-refractivity contribution in [2.24, 2.45) is 64.1 Å². The first kappa shape index (κ1) is 33.5. The third-order valence-electron chi connectivity index (χ3n) is 13.3. The molecule has 3 unspecified atom stereocenters. The highest BCUT2D eigenvalue weighted by Gasteiger charge is 2.62. The number of ether oxygens (including phenoxy) is 1. The second kappa shape index (κ2) is 13.7. The zero-order chi connectivity index (χ0) is 30.8. The van der Waals surface area contributed by atoms with E-state index in [-0.39, 0.29) is 29.8 Å². The minimum absolute atomic E-state index is 0.0384. The van der Waals surface area contributed by atoms with Gasteiger partial charge in [-0.05, 0) is 130 Å². The van der Waals surface area contributed by atoms with Crippen molar-refractivity contribution in [1.82, 2.24) is 0 Å². The summed E-state index contributed by atoms with van der Waals surface area (Å²) in [4.78, 5) is 23.7. The summed E-state index contributed by atoms with van der Waals surface area (Å²) in [6.07, 6.45) is 15.8. The van der Waals surface area contributed by atoms with Gasteiger partial charge in [0.2, 0.25) is 0 Å². The van der Waals surface area contributed by atoms with E-state index < -0.39 is 17.9 Å². The van der Waals surface area contributed by atoms with Crippen LogP contribution >= 0.6 is 0 Å². The first-order valence-corrected chi connectivity index (χ1v) is 17.6. The summed E-state index contributed by atoms with van der Waals surface area (Å²) in [6.45, 7) is 17.4. The van der Waals surface area contributed by atoms with Crippen LogP contribution in [0.25, 0.3) is 0 Å². The fraction of sp³-hybridized carbons (Fsp3) is 0.892. The van der Waals surface area contributed by atoms with Gasteiger partial charge in [-0.25, -0.2) is 0 Å². The summed E-state index contributed by atoms with van der Waals surface area (Å²) < 4.78 is 6.33. The smallest absolute Gasteiger partial charge is 0.306 e. The molecule has 2 N–H and O–H groups in total. The van der Waals surface area contributed by atoms with Gasteiger partial charge >= 0.3 is 11.9 Å². The molecule has 11 atom stereocenters. The normalized spacial score (nSPS) is 38.1. The minimum atomic E-state index is -0.845. The summed E-state index contributed by atoms with van der Waals surface area (Å²) in [7, 11) is 0.